The van der Waals surface area contributed by atoms with Crippen molar-refractivity contribution in [2.45, 2.75) is 26.4 Å². The van der Waals surface area contributed by atoms with Gasteiger partial charge in [0, 0.05) is 24.3 Å². The zero-order chi connectivity index (χ0) is 12.4. The molecule has 1 aliphatic heterocycles. The Kier molecular flexibility index (Phi) is 3.48. The van der Waals surface area contributed by atoms with Gasteiger partial charge in [-0.15, -0.1) is 0 Å². The topological polar surface area (TPSA) is 40.5 Å². The van der Waals surface area contributed by atoms with Crippen LogP contribution in [0.5, 0.6) is 0 Å². The molecule has 1 aromatic rings. The monoisotopic (exact) mass is 233 g/mol. The molecular formula is C14H19NO2. The first-order valence-corrected chi connectivity index (χ1v) is 6.12. The lowest BCUT2D eigenvalue weighted by molar-refractivity contribution is 0.101. The highest BCUT2D eigenvalue weighted by molar-refractivity contribution is 5.94. The number of nitrogens with zero attached hydrogens (tertiary/aromatic N) is 1. The van der Waals surface area contributed by atoms with E-state index < -0.39 is 0 Å². The number of rotatable bonds is 2. The predicted molar refractivity (Wildman–Crippen MR) is 68.4 cm³/mol. The number of carbonyl (C=O) groups excluding carboxylic acids is 1. The lowest BCUT2D eigenvalue weighted by Crippen LogP contribution is -2.42. The lowest BCUT2D eigenvalue weighted by atomic mass is 9.95. The van der Waals surface area contributed by atoms with E-state index in [1.54, 1.807) is 6.92 Å². The van der Waals surface area contributed by atoms with Gasteiger partial charge in [0.15, 0.2) is 5.78 Å². The van der Waals surface area contributed by atoms with Gasteiger partial charge in [-0.05, 0) is 43.5 Å². The molecule has 1 aromatic carbocycles. The quantitative estimate of drug-likeness (QED) is 0.795. The fourth-order valence-corrected chi connectivity index (χ4v) is 2.19. The molecule has 1 fully saturated rings. The van der Waals surface area contributed by atoms with Crippen LogP contribution in [-0.2, 0) is 0 Å². The van der Waals surface area contributed by atoms with E-state index in [1.165, 1.54) is 0 Å². The zero-order valence-corrected chi connectivity index (χ0v) is 10.4. The molecule has 0 bridgehead atoms. The smallest absolute Gasteiger partial charge is 0.159 e. The maximum absolute atomic E-state index is 11.2. The number of piperidine rings is 1. The maximum atomic E-state index is 11.2. The summed E-state index contributed by atoms with van der Waals surface area (Å²) < 4.78 is 0. The van der Waals surface area contributed by atoms with Crippen molar-refractivity contribution in [2.24, 2.45) is 5.92 Å². The highest BCUT2D eigenvalue weighted by Gasteiger charge is 2.24. The second kappa shape index (κ2) is 4.88. The first kappa shape index (κ1) is 12.1. The molecule has 17 heavy (non-hydrogen) atoms. The van der Waals surface area contributed by atoms with Crippen molar-refractivity contribution in [1.82, 2.24) is 0 Å². The Balaban J connectivity index is 2.10. The van der Waals surface area contributed by atoms with Crippen molar-refractivity contribution >= 4 is 11.5 Å². The van der Waals surface area contributed by atoms with Crippen LogP contribution < -0.4 is 4.90 Å². The molecule has 2 unspecified atom stereocenters. The van der Waals surface area contributed by atoms with Crippen LogP contribution in [0.25, 0.3) is 0 Å². The van der Waals surface area contributed by atoms with E-state index in [4.69, 9.17) is 0 Å². The van der Waals surface area contributed by atoms with Gasteiger partial charge in [0.1, 0.15) is 0 Å². The number of carbonyl (C=O) groups is 1. The van der Waals surface area contributed by atoms with Gasteiger partial charge < -0.3 is 10.0 Å². The van der Waals surface area contributed by atoms with Crippen LogP contribution in [0.15, 0.2) is 24.3 Å². The number of hydrogen-bond acceptors (Lipinski definition) is 3. The van der Waals surface area contributed by atoms with Crippen LogP contribution in [0.2, 0.25) is 0 Å². The highest BCUT2D eigenvalue weighted by Crippen LogP contribution is 2.23. The first-order chi connectivity index (χ1) is 8.08. The van der Waals surface area contributed by atoms with E-state index in [0.717, 1.165) is 24.2 Å². The van der Waals surface area contributed by atoms with Gasteiger partial charge in [-0.1, -0.05) is 6.92 Å². The summed E-state index contributed by atoms with van der Waals surface area (Å²) in [5, 5.41) is 9.86. The number of ketones is 1. The number of Topliss-reactive ketones (excluding diaryl/α,β-unsaturated/α-hetero) is 1. The normalized spacial score (nSPS) is 24.8. The molecule has 0 aliphatic carbocycles. The summed E-state index contributed by atoms with van der Waals surface area (Å²) in [7, 11) is 0. The average Bonchev–Trinajstić information content (AvgIpc) is 2.33. The SMILES string of the molecule is CC(=O)c1ccc(N2CCC(C)C(O)C2)cc1. The average molecular weight is 233 g/mol. The van der Waals surface area contributed by atoms with E-state index in [-0.39, 0.29) is 11.9 Å². The van der Waals surface area contributed by atoms with Gasteiger partial charge in [0.25, 0.3) is 0 Å². The molecule has 92 valence electrons. The summed E-state index contributed by atoms with van der Waals surface area (Å²) in [5.41, 5.74) is 1.82. The van der Waals surface area contributed by atoms with Crippen molar-refractivity contribution in [3.8, 4) is 0 Å². The fraction of sp³-hybridized carbons (Fsp3) is 0.500. The van der Waals surface area contributed by atoms with E-state index in [9.17, 15) is 9.90 Å². The van der Waals surface area contributed by atoms with Gasteiger partial charge >= 0.3 is 0 Å². The molecule has 0 saturated carbocycles. The van der Waals surface area contributed by atoms with Crippen molar-refractivity contribution < 1.29 is 9.90 Å². The Bertz CT molecular complexity index is 399. The van der Waals surface area contributed by atoms with E-state index in [1.807, 2.05) is 24.3 Å². The van der Waals surface area contributed by atoms with Crippen molar-refractivity contribution in [2.75, 3.05) is 18.0 Å². The number of aliphatic hydroxyl groups is 1. The second-order valence-electron chi connectivity index (χ2n) is 4.88. The fourth-order valence-electron chi connectivity index (χ4n) is 2.19. The van der Waals surface area contributed by atoms with Crippen molar-refractivity contribution in [3.63, 3.8) is 0 Å². The molecular weight excluding hydrogens is 214 g/mol. The third kappa shape index (κ3) is 2.67. The summed E-state index contributed by atoms with van der Waals surface area (Å²) in [6, 6.07) is 7.61. The zero-order valence-electron chi connectivity index (χ0n) is 10.4. The number of anilines is 1. The van der Waals surface area contributed by atoms with Gasteiger partial charge in [0.2, 0.25) is 0 Å². The largest absolute Gasteiger partial charge is 0.391 e. The molecule has 3 nitrogen and oxygen atoms in total. The minimum Gasteiger partial charge on any atom is -0.391 e. The molecule has 1 aliphatic rings. The Labute approximate surface area is 102 Å². The van der Waals surface area contributed by atoms with Gasteiger partial charge in [-0.3, -0.25) is 4.79 Å². The summed E-state index contributed by atoms with van der Waals surface area (Å²) in [4.78, 5) is 13.3. The van der Waals surface area contributed by atoms with Crippen LogP contribution in [0.4, 0.5) is 5.69 Å². The van der Waals surface area contributed by atoms with Crippen molar-refractivity contribution in [1.29, 1.82) is 0 Å². The third-order valence-corrected chi connectivity index (χ3v) is 3.56. The Hall–Kier alpha value is -1.35. The highest BCUT2D eigenvalue weighted by atomic mass is 16.3. The number of β-amino-alcohol motifs (C(OH)–C–C–N with tert-alkyl or cyclic N) is 1. The molecule has 1 heterocycles. The van der Waals surface area contributed by atoms with E-state index in [0.29, 0.717) is 12.5 Å². The first-order valence-electron chi connectivity index (χ1n) is 6.12. The van der Waals surface area contributed by atoms with Gasteiger partial charge in [0.05, 0.1) is 6.10 Å². The minimum absolute atomic E-state index is 0.0869. The molecule has 0 spiro atoms. The van der Waals surface area contributed by atoms with Crippen LogP contribution in [0.1, 0.15) is 30.6 Å². The van der Waals surface area contributed by atoms with Crippen molar-refractivity contribution in [3.05, 3.63) is 29.8 Å². The van der Waals surface area contributed by atoms with Crippen LogP contribution in [0.3, 0.4) is 0 Å². The summed E-state index contributed by atoms with van der Waals surface area (Å²) in [6.07, 6.45) is 0.756. The molecule has 2 rings (SSSR count). The van der Waals surface area contributed by atoms with Gasteiger partial charge in [-0.25, -0.2) is 0 Å². The summed E-state index contributed by atoms with van der Waals surface area (Å²) in [5.74, 6) is 0.464. The molecule has 1 saturated heterocycles. The van der Waals surface area contributed by atoms with Crippen LogP contribution in [-0.4, -0.2) is 30.1 Å². The number of aliphatic hydroxyl groups excluding tert-OH is 1. The maximum Gasteiger partial charge on any atom is 0.159 e. The predicted octanol–water partition coefficient (Wildman–Crippen LogP) is 2.10. The second-order valence-corrected chi connectivity index (χ2v) is 4.88. The van der Waals surface area contributed by atoms with Crippen LogP contribution >= 0.6 is 0 Å². The molecule has 0 radical (unpaired) electrons. The van der Waals surface area contributed by atoms with E-state index in [2.05, 4.69) is 11.8 Å². The molecule has 2 atom stereocenters. The molecule has 0 amide bonds. The Morgan fingerprint density at radius 1 is 1.35 bits per heavy atom. The lowest BCUT2D eigenvalue weighted by Gasteiger charge is -2.35. The Morgan fingerprint density at radius 3 is 2.53 bits per heavy atom. The molecule has 3 heteroatoms. The van der Waals surface area contributed by atoms with Gasteiger partial charge in [-0.2, -0.15) is 0 Å². The Morgan fingerprint density at radius 2 is 2.00 bits per heavy atom. The minimum atomic E-state index is -0.253. The van der Waals surface area contributed by atoms with E-state index >= 15 is 0 Å². The third-order valence-electron chi connectivity index (χ3n) is 3.56. The number of hydrogen-bond donors (Lipinski definition) is 1. The standard InChI is InChI=1S/C14H19NO2/c1-10-7-8-15(9-14(10)17)13-5-3-12(4-6-13)11(2)16/h3-6,10,14,17H,7-9H2,1-2H3. The van der Waals surface area contributed by atoms with Crippen LogP contribution in [0, 0.1) is 5.92 Å². The summed E-state index contributed by atoms with van der Waals surface area (Å²) >= 11 is 0. The number of benzene rings is 1. The summed E-state index contributed by atoms with van der Waals surface area (Å²) in [6.45, 7) is 5.31. The molecule has 1 N–H and O–H groups in total. The molecule has 0 aromatic heterocycles.